The Labute approximate surface area is 90.2 Å². The fourth-order valence-electron chi connectivity index (χ4n) is 1.13. The summed E-state index contributed by atoms with van der Waals surface area (Å²) < 4.78 is 14.0. The van der Waals surface area contributed by atoms with Crippen molar-refractivity contribution in [3.05, 3.63) is 40.1 Å². The van der Waals surface area contributed by atoms with E-state index in [-0.39, 0.29) is 5.82 Å². The summed E-state index contributed by atoms with van der Waals surface area (Å²) in [7, 11) is 0. The Morgan fingerprint density at radius 3 is 2.64 bits per heavy atom. The van der Waals surface area contributed by atoms with Crippen LogP contribution in [0.1, 0.15) is 5.69 Å². The molecular formula is C10H7ClFNS. The molecule has 1 heterocycles. The third-order valence-corrected chi connectivity index (χ3v) is 3.33. The summed E-state index contributed by atoms with van der Waals surface area (Å²) in [6.45, 7) is 1.81. The van der Waals surface area contributed by atoms with Crippen LogP contribution >= 0.6 is 22.9 Å². The van der Waals surface area contributed by atoms with Crippen LogP contribution in [0.2, 0.25) is 4.34 Å². The highest BCUT2D eigenvalue weighted by molar-refractivity contribution is 7.19. The van der Waals surface area contributed by atoms with Crippen molar-refractivity contribution in [1.29, 1.82) is 0 Å². The minimum Gasteiger partial charge on any atom is -0.240 e. The first-order valence-corrected chi connectivity index (χ1v) is 5.26. The van der Waals surface area contributed by atoms with E-state index in [0.717, 1.165) is 5.69 Å². The van der Waals surface area contributed by atoms with Crippen LogP contribution in [0, 0.1) is 12.7 Å². The molecule has 2 rings (SSSR count). The van der Waals surface area contributed by atoms with Gasteiger partial charge in [-0.05, 0) is 19.1 Å². The second-order valence-corrected chi connectivity index (χ2v) is 4.46. The van der Waals surface area contributed by atoms with Crippen molar-refractivity contribution in [2.45, 2.75) is 6.92 Å². The predicted octanol–water partition coefficient (Wildman–Crippen LogP) is 3.91. The highest BCUT2D eigenvalue weighted by Crippen LogP contribution is 2.32. The van der Waals surface area contributed by atoms with Crippen LogP contribution in [0.5, 0.6) is 0 Å². The van der Waals surface area contributed by atoms with Gasteiger partial charge in [0.2, 0.25) is 0 Å². The number of halogens is 2. The number of hydrogen-bond donors (Lipinski definition) is 0. The number of aryl methyl sites for hydroxylation is 1. The van der Waals surface area contributed by atoms with Crippen LogP contribution in [0.15, 0.2) is 24.3 Å². The molecule has 0 bridgehead atoms. The Balaban J connectivity index is 2.55. The number of hydrogen-bond acceptors (Lipinski definition) is 2. The molecular weight excluding hydrogens is 221 g/mol. The summed E-state index contributed by atoms with van der Waals surface area (Å²) >= 11 is 7.16. The lowest BCUT2D eigenvalue weighted by molar-refractivity contribution is 0.631. The van der Waals surface area contributed by atoms with Gasteiger partial charge >= 0.3 is 0 Å². The number of nitrogens with zero attached hydrogens (tertiary/aromatic N) is 1. The van der Waals surface area contributed by atoms with Gasteiger partial charge in [-0.3, -0.25) is 0 Å². The molecule has 1 aromatic carbocycles. The van der Waals surface area contributed by atoms with E-state index in [1.165, 1.54) is 17.4 Å². The minimum absolute atomic E-state index is 0.266. The summed E-state index contributed by atoms with van der Waals surface area (Å²) in [4.78, 5) is 4.19. The molecule has 0 atom stereocenters. The molecule has 0 spiro atoms. The second-order valence-electron chi connectivity index (χ2n) is 2.86. The van der Waals surface area contributed by atoms with Crippen LogP contribution in [-0.2, 0) is 0 Å². The van der Waals surface area contributed by atoms with Gasteiger partial charge in [-0.15, -0.1) is 11.3 Å². The highest BCUT2D eigenvalue weighted by Gasteiger charge is 2.10. The van der Waals surface area contributed by atoms with Crippen molar-refractivity contribution in [2.75, 3.05) is 0 Å². The maximum Gasteiger partial charge on any atom is 0.133 e. The SMILES string of the molecule is Cc1nc(-c2ccccc2F)sc1Cl. The molecule has 0 aliphatic heterocycles. The van der Waals surface area contributed by atoms with Gasteiger partial charge in [-0.25, -0.2) is 9.37 Å². The van der Waals surface area contributed by atoms with Crippen LogP contribution in [0.25, 0.3) is 10.6 Å². The minimum atomic E-state index is -0.266. The summed E-state index contributed by atoms with van der Waals surface area (Å²) in [5.74, 6) is -0.266. The summed E-state index contributed by atoms with van der Waals surface area (Å²) in [6.07, 6.45) is 0. The maximum absolute atomic E-state index is 13.3. The van der Waals surface area contributed by atoms with E-state index in [1.807, 2.05) is 6.92 Å². The van der Waals surface area contributed by atoms with Gasteiger partial charge in [-0.1, -0.05) is 23.7 Å². The first-order chi connectivity index (χ1) is 6.68. The molecule has 14 heavy (non-hydrogen) atoms. The molecule has 0 saturated heterocycles. The van der Waals surface area contributed by atoms with Gasteiger partial charge in [0.15, 0.2) is 0 Å². The Kier molecular flexibility index (Phi) is 2.52. The standard InChI is InChI=1S/C10H7ClFNS/c1-6-9(11)14-10(13-6)7-4-2-3-5-8(7)12/h2-5H,1H3. The molecule has 0 radical (unpaired) electrons. The Morgan fingerprint density at radius 1 is 1.36 bits per heavy atom. The first-order valence-electron chi connectivity index (χ1n) is 4.06. The number of aromatic nitrogens is 1. The Morgan fingerprint density at radius 2 is 2.07 bits per heavy atom. The number of thiazole rings is 1. The van der Waals surface area contributed by atoms with Gasteiger partial charge in [-0.2, -0.15) is 0 Å². The molecule has 72 valence electrons. The molecule has 0 fully saturated rings. The largest absolute Gasteiger partial charge is 0.240 e. The molecule has 4 heteroatoms. The average molecular weight is 228 g/mol. The van der Waals surface area contributed by atoms with Gasteiger partial charge in [0.05, 0.1) is 5.69 Å². The normalized spacial score (nSPS) is 10.5. The van der Waals surface area contributed by atoms with Crippen molar-refractivity contribution >= 4 is 22.9 Å². The molecule has 0 unspecified atom stereocenters. The van der Waals surface area contributed by atoms with Gasteiger partial charge in [0.25, 0.3) is 0 Å². The summed E-state index contributed by atoms with van der Waals surface area (Å²) in [5, 5.41) is 0.630. The fraction of sp³-hybridized carbons (Fsp3) is 0.100. The Hall–Kier alpha value is -0.930. The highest BCUT2D eigenvalue weighted by atomic mass is 35.5. The zero-order valence-electron chi connectivity index (χ0n) is 7.42. The molecule has 1 nitrogen and oxygen atoms in total. The quantitative estimate of drug-likeness (QED) is 0.720. The van der Waals surface area contributed by atoms with E-state index in [9.17, 15) is 4.39 Å². The summed E-state index contributed by atoms with van der Waals surface area (Å²) in [5.41, 5.74) is 1.25. The van der Waals surface area contributed by atoms with E-state index in [0.29, 0.717) is 14.9 Å². The average Bonchev–Trinajstić information content (AvgIpc) is 2.48. The molecule has 0 amide bonds. The van der Waals surface area contributed by atoms with Crippen molar-refractivity contribution in [1.82, 2.24) is 4.98 Å². The lowest BCUT2D eigenvalue weighted by Crippen LogP contribution is -1.82. The number of rotatable bonds is 1. The van der Waals surface area contributed by atoms with Gasteiger partial charge < -0.3 is 0 Å². The molecule has 2 aromatic rings. The van der Waals surface area contributed by atoms with Gasteiger partial charge in [0.1, 0.15) is 15.2 Å². The second kappa shape index (κ2) is 3.67. The third kappa shape index (κ3) is 1.65. The smallest absolute Gasteiger partial charge is 0.133 e. The molecule has 0 aliphatic rings. The van der Waals surface area contributed by atoms with Crippen molar-refractivity contribution in [3.63, 3.8) is 0 Å². The number of benzene rings is 1. The van der Waals surface area contributed by atoms with Crippen LogP contribution in [0.3, 0.4) is 0 Å². The van der Waals surface area contributed by atoms with Crippen molar-refractivity contribution in [3.8, 4) is 10.6 Å². The van der Waals surface area contributed by atoms with E-state index in [1.54, 1.807) is 18.2 Å². The van der Waals surface area contributed by atoms with Crippen molar-refractivity contribution in [2.24, 2.45) is 0 Å². The Bertz CT molecular complexity index is 447. The van der Waals surface area contributed by atoms with Crippen LogP contribution < -0.4 is 0 Å². The lowest BCUT2D eigenvalue weighted by atomic mass is 10.2. The van der Waals surface area contributed by atoms with E-state index in [4.69, 9.17) is 11.6 Å². The van der Waals surface area contributed by atoms with Gasteiger partial charge in [0, 0.05) is 5.56 Å². The lowest BCUT2D eigenvalue weighted by Gasteiger charge is -1.96. The zero-order valence-corrected chi connectivity index (χ0v) is 8.99. The fourth-order valence-corrected chi connectivity index (χ4v) is 2.21. The predicted molar refractivity (Wildman–Crippen MR) is 57.3 cm³/mol. The van der Waals surface area contributed by atoms with Crippen LogP contribution in [-0.4, -0.2) is 4.98 Å². The van der Waals surface area contributed by atoms with E-state index < -0.39 is 0 Å². The molecule has 0 aliphatic carbocycles. The first kappa shape index (κ1) is 9.62. The van der Waals surface area contributed by atoms with Crippen LogP contribution in [0.4, 0.5) is 4.39 Å². The topological polar surface area (TPSA) is 12.9 Å². The third-order valence-electron chi connectivity index (χ3n) is 1.84. The summed E-state index contributed by atoms with van der Waals surface area (Å²) in [6, 6.07) is 6.55. The molecule has 0 N–H and O–H groups in total. The maximum atomic E-state index is 13.3. The monoisotopic (exact) mass is 227 g/mol. The molecule has 1 aromatic heterocycles. The zero-order chi connectivity index (χ0) is 10.1. The van der Waals surface area contributed by atoms with E-state index in [2.05, 4.69) is 4.98 Å². The van der Waals surface area contributed by atoms with E-state index >= 15 is 0 Å². The van der Waals surface area contributed by atoms with Crippen molar-refractivity contribution < 1.29 is 4.39 Å². The molecule has 0 saturated carbocycles.